The van der Waals surface area contributed by atoms with Gasteiger partial charge in [-0.2, -0.15) is 8.78 Å². The van der Waals surface area contributed by atoms with Crippen molar-refractivity contribution in [2.45, 2.75) is 65.2 Å². The summed E-state index contributed by atoms with van der Waals surface area (Å²) >= 11 is 0. The zero-order valence-corrected chi connectivity index (χ0v) is 15.6. The third-order valence-corrected chi connectivity index (χ3v) is 8.20. The maximum Gasteiger partial charge on any atom is 0.327 e. The summed E-state index contributed by atoms with van der Waals surface area (Å²) in [7, 11) is 0. The highest BCUT2D eigenvalue weighted by molar-refractivity contribution is 5.93. The number of halogens is 2. The van der Waals surface area contributed by atoms with Crippen LogP contribution in [-0.2, 0) is 14.4 Å². The van der Waals surface area contributed by atoms with Crippen molar-refractivity contribution in [3.05, 3.63) is 11.6 Å². The number of carbonyl (C=O) groups is 3. The number of Topliss-reactive ketones (excluding diaryl/α,β-unsaturated/α-hetero) is 3. The van der Waals surface area contributed by atoms with Gasteiger partial charge < -0.3 is 0 Å². The first-order chi connectivity index (χ1) is 12.0. The van der Waals surface area contributed by atoms with Gasteiger partial charge in [0, 0.05) is 35.7 Å². The van der Waals surface area contributed by atoms with Gasteiger partial charge in [-0.3, -0.25) is 14.4 Å². The minimum absolute atomic E-state index is 0.00310. The Morgan fingerprint density at radius 2 is 1.88 bits per heavy atom. The summed E-state index contributed by atoms with van der Waals surface area (Å²) in [6.07, 6.45) is 4.08. The van der Waals surface area contributed by atoms with E-state index < -0.39 is 23.0 Å². The molecule has 0 bridgehead atoms. The average molecular weight is 364 g/mol. The highest BCUT2D eigenvalue weighted by atomic mass is 19.3. The van der Waals surface area contributed by atoms with E-state index in [0.717, 1.165) is 12.8 Å². The molecular weight excluding hydrogens is 338 g/mol. The fraction of sp³-hybridized carbons (Fsp3) is 0.762. The Bertz CT molecular complexity index is 740. The zero-order chi connectivity index (χ0) is 19.1. The molecule has 0 aromatic heterocycles. The number of carbonyl (C=O) groups excluding carboxylic acids is 3. The van der Waals surface area contributed by atoms with Crippen LogP contribution < -0.4 is 0 Å². The second-order valence-electron chi connectivity index (χ2n) is 9.41. The maximum atomic E-state index is 14.6. The van der Waals surface area contributed by atoms with Gasteiger partial charge in [-0.1, -0.05) is 19.9 Å². The van der Waals surface area contributed by atoms with Crippen LogP contribution in [0.4, 0.5) is 8.78 Å². The van der Waals surface area contributed by atoms with Crippen molar-refractivity contribution in [1.82, 2.24) is 0 Å². The molecule has 0 spiro atoms. The number of allylic oxidation sites excluding steroid dienone is 2. The molecular formula is C21H26F2O3. The molecule has 0 aromatic carbocycles. The molecule has 0 aromatic rings. The third kappa shape index (κ3) is 2.06. The van der Waals surface area contributed by atoms with Crippen LogP contribution >= 0.6 is 0 Å². The summed E-state index contributed by atoms with van der Waals surface area (Å²) < 4.78 is 29.2. The van der Waals surface area contributed by atoms with Gasteiger partial charge in [0.2, 0.25) is 5.78 Å². The fourth-order valence-corrected chi connectivity index (χ4v) is 7.09. The van der Waals surface area contributed by atoms with Crippen LogP contribution in [0.5, 0.6) is 0 Å². The van der Waals surface area contributed by atoms with Crippen molar-refractivity contribution < 1.29 is 23.2 Å². The molecule has 26 heavy (non-hydrogen) atoms. The fourth-order valence-electron chi connectivity index (χ4n) is 7.09. The lowest BCUT2D eigenvalue weighted by Gasteiger charge is -2.56. The molecule has 0 radical (unpaired) electrons. The highest BCUT2D eigenvalue weighted by Gasteiger charge is 2.66. The Labute approximate surface area is 152 Å². The van der Waals surface area contributed by atoms with E-state index >= 15 is 0 Å². The van der Waals surface area contributed by atoms with Crippen molar-refractivity contribution in [2.24, 2.45) is 34.5 Å². The molecule has 3 nitrogen and oxygen atoms in total. The summed E-state index contributed by atoms with van der Waals surface area (Å²) in [4.78, 5) is 37.1. The predicted octanol–water partition coefficient (Wildman–Crippen LogP) is 4.15. The van der Waals surface area contributed by atoms with Crippen molar-refractivity contribution in [3.63, 3.8) is 0 Å². The van der Waals surface area contributed by atoms with E-state index in [4.69, 9.17) is 0 Å². The van der Waals surface area contributed by atoms with E-state index in [0.29, 0.717) is 19.3 Å². The number of ketones is 3. The van der Waals surface area contributed by atoms with Crippen LogP contribution in [0, 0.1) is 34.5 Å². The van der Waals surface area contributed by atoms with Crippen molar-refractivity contribution in [2.75, 3.05) is 0 Å². The Morgan fingerprint density at radius 1 is 1.19 bits per heavy atom. The smallest absolute Gasteiger partial charge is 0.300 e. The SMILES string of the molecule is CC(=O)[C@H]1CC[C@H]2[C@@H]3CC=C4C(F)(F)C(=O)CC[C@]4(C)[C@H]3C(=O)C[C@]12C. The standard InChI is InChI=1S/C21H26F2O3/c1-11(24)13-5-6-14-12-4-7-16-19(2,9-8-17(26)21(16,22)23)18(12)15(25)10-20(13,14)3/h7,12-14,18H,4-6,8-10H2,1-3H3/t12-,13+,14-,18+,19-,20+/m0/s1. The second-order valence-corrected chi connectivity index (χ2v) is 9.41. The van der Waals surface area contributed by atoms with Crippen LogP contribution in [0.3, 0.4) is 0 Å². The van der Waals surface area contributed by atoms with Crippen molar-refractivity contribution in [1.29, 1.82) is 0 Å². The molecule has 0 aliphatic heterocycles. The van der Waals surface area contributed by atoms with Gasteiger partial charge in [0.25, 0.3) is 0 Å². The molecule has 0 amide bonds. The molecule has 6 atom stereocenters. The van der Waals surface area contributed by atoms with E-state index in [1.54, 1.807) is 19.9 Å². The second kappa shape index (κ2) is 5.32. The predicted molar refractivity (Wildman–Crippen MR) is 91.6 cm³/mol. The molecule has 5 heteroatoms. The van der Waals surface area contributed by atoms with Gasteiger partial charge >= 0.3 is 5.92 Å². The molecule has 3 fully saturated rings. The molecule has 0 heterocycles. The largest absolute Gasteiger partial charge is 0.327 e. The first-order valence-electron chi connectivity index (χ1n) is 9.69. The minimum Gasteiger partial charge on any atom is -0.300 e. The van der Waals surface area contributed by atoms with E-state index in [2.05, 4.69) is 0 Å². The van der Waals surface area contributed by atoms with E-state index in [1.807, 2.05) is 6.92 Å². The lowest BCUT2D eigenvalue weighted by molar-refractivity contribution is -0.157. The molecule has 3 saturated carbocycles. The average Bonchev–Trinajstić information content (AvgIpc) is 2.88. The van der Waals surface area contributed by atoms with Gasteiger partial charge in [-0.05, 0) is 49.9 Å². The van der Waals surface area contributed by atoms with Crippen molar-refractivity contribution >= 4 is 17.3 Å². The van der Waals surface area contributed by atoms with Gasteiger partial charge in [0.1, 0.15) is 11.6 Å². The van der Waals surface area contributed by atoms with Gasteiger partial charge in [0.15, 0.2) is 0 Å². The highest BCUT2D eigenvalue weighted by Crippen LogP contribution is 2.66. The Morgan fingerprint density at radius 3 is 2.54 bits per heavy atom. The number of hydrogen-bond acceptors (Lipinski definition) is 3. The lowest BCUT2D eigenvalue weighted by Crippen LogP contribution is -2.58. The van der Waals surface area contributed by atoms with Crippen LogP contribution in [0.25, 0.3) is 0 Å². The van der Waals surface area contributed by atoms with Crippen LogP contribution in [0.2, 0.25) is 0 Å². The minimum atomic E-state index is -3.45. The van der Waals surface area contributed by atoms with Crippen LogP contribution in [0.1, 0.15) is 59.3 Å². The monoisotopic (exact) mass is 364 g/mol. The molecule has 142 valence electrons. The summed E-state index contributed by atoms with van der Waals surface area (Å²) in [6.45, 7) is 5.40. The topological polar surface area (TPSA) is 51.2 Å². The number of rotatable bonds is 1. The maximum absolute atomic E-state index is 14.6. The molecule has 4 aliphatic rings. The Hall–Kier alpha value is -1.39. The number of fused-ring (bicyclic) bond motifs is 5. The van der Waals surface area contributed by atoms with Crippen molar-refractivity contribution in [3.8, 4) is 0 Å². The van der Waals surface area contributed by atoms with Crippen LogP contribution in [0.15, 0.2) is 11.6 Å². The summed E-state index contributed by atoms with van der Waals surface area (Å²) in [5, 5.41) is 0. The summed E-state index contributed by atoms with van der Waals surface area (Å²) in [5.41, 5.74) is -1.41. The zero-order valence-electron chi connectivity index (χ0n) is 15.6. The summed E-state index contributed by atoms with van der Waals surface area (Å²) in [6, 6.07) is 0. The Kier molecular flexibility index (Phi) is 3.69. The molecule has 0 saturated heterocycles. The number of alkyl halides is 2. The quantitative estimate of drug-likeness (QED) is 0.657. The number of hydrogen-bond donors (Lipinski definition) is 0. The first-order valence-corrected chi connectivity index (χ1v) is 9.69. The van der Waals surface area contributed by atoms with Crippen LogP contribution in [-0.4, -0.2) is 23.3 Å². The lowest BCUT2D eigenvalue weighted by atomic mass is 9.46. The summed E-state index contributed by atoms with van der Waals surface area (Å²) in [5.74, 6) is -4.67. The van der Waals surface area contributed by atoms with Gasteiger partial charge in [0.05, 0.1) is 0 Å². The first kappa shape index (κ1) is 18.0. The molecule has 4 aliphatic carbocycles. The van der Waals surface area contributed by atoms with Gasteiger partial charge in [-0.15, -0.1) is 0 Å². The molecule has 0 unspecified atom stereocenters. The third-order valence-electron chi connectivity index (χ3n) is 8.20. The van der Waals surface area contributed by atoms with Gasteiger partial charge in [-0.25, -0.2) is 0 Å². The normalized spacial score (nSPS) is 46.9. The van der Waals surface area contributed by atoms with E-state index in [-0.39, 0.29) is 46.7 Å². The Balaban J connectivity index is 1.78. The molecule has 4 rings (SSSR count). The molecule has 0 N–H and O–H groups in total. The van der Waals surface area contributed by atoms with E-state index in [9.17, 15) is 23.2 Å². The van der Waals surface area contributed by atoms with E-state index in [1.165, 1.54) is 0 Å².